The Morgan fingerprint density at radius 2 is 1.84 bits per heavy atom. The summed E-state index contributed by atoms with van der Waals surface area (Å²) in [5, 5.41) is 3.70. The van der Waals surface area contributed by atoms with Gasteiger partial charge in [-0.25, -0.2) is 4.79 Å². The van der Waals surface area contributed by atoms with Crippen LogP contribution in [0.2, 0.25) is 0 Å². The molecule has 2 heterocycles. The summed E-state index contributed by atoms with van der Waals surface area (Å²) in [5.74, 6) is 0.253. The molecule has 1 aliphatic rings. The van der Waals surface area contributed by atoms with E-state index < -0.39 is 5.63 Å². The summed E-state index contributed by atoms with van der Waals surface area (Å²) >= 11 is 0. The molecule has 7 nitrogen and oxygen atoms in total. The Bertz CT molecular complexity index is 1130. The first kappa shape index (κ1) is 21.1. The molecule has 0 saturated carbocycles. The summed E-state index contributed by atoms with van der Waals surface area (Å²) in [7, 11) is 0. The van der Waals surface area contributed by atoms with Gasteiger partial charge in [0.05, 0.1) is 13.2 Å². The Kier molecular flexibility index (Phi) is 6.34. The number of rotatable bonds is 6. The van der Waals surface area contributed by atoms with Gasteiger partial charge in [-0.1, -0.05) is 12.1 Å². The molecule has 1 aliphatic heterocycles. The van der Waals surface area contributed by atoms with Gasteiger partial charge in [0, 0.05) is 42.3 Å². The molecule has 3 aromatic rings. The third-order valence-electron chi connectivity index (χ3n) is 5.42. The van der Waals surface area contributed by atoms with E-state index in [0.717, 1.165) is 49.5 Å². The normalized spacial score (nSPS) is 14.5. The van der Waals surface area contributed by atoms with Crippen molar-refractivity contribution in [2.45, 2.75) is 20.4 Å². The van der Waals surface area contributed by atoms with Gasteiger partial charge in [0.2, 0.25) is 0 Å². The second-order valence-corrected chi connectivity index (χ2v) is 7.74. The van der Waals surface area contributed by atoms with Crippen molar-refractivity contribution < 1.29 is 18.7 Å². The number of aryl methyl sites for hydroxylation is 2. The number of anilines is 1. The number of carbonyl (C=O) groups excluding carboxylic acids is 1. The Labute approximate surface area is 180 Å². The Balaban J connectivity index is 1.35. The van der Waals surface area contributed by atoms with E-state index in [1.807, 2.05) is 44.2 Å². The summed E-state index contributed by atoms with van der Waals surface area (Å²) in [5.41, 5.74) is 3.53. The molecule has 0 radical (unpaired) electrons. The molecule has 31 heavy (non-hydrogen) atoms. The van der Waals surface area contributed by atoms with Crippen molar-refractivity contribution in [3.05, 3.63) is 69.6 Å². The molecule has 1 aromatic heterocycles. The molecule has 0 spiro atoms. The van der Waals surface area contributed by atoms with Gasteiger partial charge in [-0.05, 0) is 49.2 Å². The lowest BCUT2D eigenvalue weighted by Crippen LogP contribution is -2.35. The predicted octanol–water partition coefficient (Wildman–Crippen LogP) is 3.26. The van der Waals surface area contributed by atoms with Crippen molar-refractivity contribution in [2.24, 2.45) is 0 Å². The molecule has 0 atom stereocenters. The number of morpholine rings is 1. The van der Waals surface area contributed by atoms with Crippen molar-refractivity contribution in [1.82, 2.24) is 4.90 Å². The lowest BCUT2D eigenvalue weighted by molar-refractivity contribution is -0.118. The SMILES string of the molecule is Cc1cc(=O)oc2c(C)c(OCC(=O)Nc3ccc(CN4CCOCC4)cc3)ccc12. The van der Waals surface area contributed by atoms with Crippen LogP contribution in [0.4, 0.5) is 5.69 Å². The van der Waals surface area contributed by atoms with E-state index in [9.17, 15) is 9.59 Å². The van der Waals surface area contributed by atoms with Gasteiger partial charge in [-0.15, -0.1) is 0 Å². The van der Waals surface area contributed by atoms with E-state index in [1.165, 1.54) is 11.6 Å². The quantitative estimate of drug-likeness (QED) is 0.614. The molecule has 2 aromatic carbocycles. The maximum atomic E-state index is 12.3. The van der Waals surface area contributed by atoms with Gasteiger partial charge in [-0.2, -0.15) is 0 Å². The minimum absolute atomic E-state index is 0.141. The first-order chi connectivity index (χ1) is 15.0. The number of benzene rings is 2. The first-order valence-electron chi connectivity index (χ1n) is 10.4. The van der Waals surface area contributed by atoms with Crippen LogP contribution in [-0.4, -0.2) is 43.7 Å². The van der Waals surface area contributed by atoms with Crippen LogP contribution in [0.3, 0.4) is 0 Å². The fraction of sp³-hybridized carbons (Fsp3) is 0.333. The minimum Gasteiger partial charge on any atom is -0.483 e. The van der Waals surface area contributed by atoms with Crippen LogP contribution in [0.1, 0.15) is 16.7 Å². The fourth-order valence-corrected chi connectivity index (χ4v) is 3.71. The molecule has 1 saturated heterocycles. The van der Waals surface area contributed by atoms with Crippen LogP contribution >= 0.6 is 0 Å². The third kappa shape index (κ3) is 5.13. The maximum Gasteiger partial charge on any atom is 0.336 e. The average Bonchev–Trinajstić information content (AvgIpc) is 2.76. The van der Waals surface area contributed by atoms with Gasteiger partial charge < -0.3 is 19.2 Å². The van der Waals surface area contributed by atoms with Crippen molar-refractivity contribution in [1.29, 1.82) is 0 Å². The number of nitrogens with zero attached hydrogens (tertiary/aromatic N) is 1. The van der Waals surface area contributed by atoms with Gasteiger partial charge in [0.25, 0.3) is 5.91 Å². The van der Waals surface area contributed by atoms with Gasteiger partial charge in [0.1, 0.15) is 11.3 Å². The molecular weight excluding hydrogens is 396 g/mol. The second-order valence-electron chi connectivity index (χ2n) is 7.74. The fourth-order valence-electron chi connectivity index (χ4n) is 3.71. The highest BCUT2D eigenvalue weighted by Gasteiger charge is 2.13. The smallest absolute Gasteiger partial charge is 0.336 e. The van der Waals surface area contributed by atoms with Crippen molar-refractivity contribution in [3.8, 4) is 5.75 Å². The molecule has 1 N–H and O–H groups in total. The van der Waals surface area contributed by atoms with Gasteiger partial charge >= 0.3 is 5.63 Å². The van der Waals surface area contributed by atoms with Gasteiger partial charge in [0.15, 0.2) is 6.61 Å². The van der Waals surface area contributed by atoms with Crippen LogP contribution in [-0.2, 0) is 16.1 Å². The van der Waals surface area contributed by atoms with Crippen molar-refractivity contribution in [3.63, 3.8) is 0 Å². The molecule has 162 valence electrons. The second kappa shape index (κ2) is 9.32. The number of ether oxygens (including phenoxy) is 2. The molecular formula is C24H26N2O5. The van der Waals surface area contributed by atoms with Crippen LogP contribution in [0.25, 0.3) is 11.0 Å². The molecule has 0 aliphatic carbocycles. The Morgan fingerprint density at radius 3 is 2.58 bits per heavy atom. The van der Waals surface area contributed by atoms with E-state index in [4.69, 9.17) is 13.9 Å². The summed E-state index contributed by atoms with van der Waals surface area (Å²) in [6, 6.07) is 12.9. The van der Waals surface area contributed by atoms with Crippen LogP contribution in [0, 0.1) is 13.8 Å². The zero-order valence-corrected chi connectivity index (χ0v) is 17.8. The highest BCUT2D eigenvalue weighted by Crippen LogP contribution is 2.28. The molecule has 4 rings (SSSR count). The van der Waals surface area contributed by atoms with Crippen molar-refractivity contribution in [2.75, 3.05) is 38.2 Å². The number of amides is 1. The summed E-state index contributed by atoms with van der Waals surface area (Å²) < 4.78 is 16.4. The highest BCUT2D eigenvalue weighted by molar-refractivity contribution is 5.92. The van der Waals surface area contributed by atoms with Crippen LogP contribution in [0.5, 0.6) is 5.75 Å². The largest absolute Gasteiger partial charge is 0.483 e. The van der Waals surface area contributed by atoms with E-state index in [2.05, 4.69) is 10.2 Å². The third-order valence-corrected chi connectivity index (χ3v) is 5.42. The van der Waals surface area contributed by atoms with Crippen LogP contribution in [0.15, 0.2) is 51.7 Å². The molecule has 0 bridgehead atoms. The van der Waals surface area contributed by atoms with Crippen molar-refractivity contribution >= 4 is 22.6 Å². The molecule has 1 amide bonds. The topological polar surface area (TPSA) is 81.0 Å². The summed E-state index contributed by atoms with van der Waals surface area (Å²) in [6.07, 6.45) is 0. The van der Waals surface area contributed by atoms with E-state index in [1.54, 1.807) is 6.07 Å². The standard InChI is InChI=1S/C24H26N2O5/c1-16-13-23(28)31-24-17(2)21(8-7-20(16)24)30-15-22(27)25-19-5-3-18(4-6-19)14-26-9-11-29-12-10-26/h3-8,13H,9-12,14-15H2,1-2H3,(H,25,27). The summed E-state index contributed by atoms with van der Waals surface area (Å²) in [4.78, 5) is 26.4. The van der Waals surface area contributed by atoms with E-state index in [0.29, 0.717) is 16.9 Å². The lowest BCUT2D eigenvalue weighted by atomic mass is 10.1. The monoisotopic (exact) mass is 422 g/mol. The Hall–Kier alpha value is -3.16. The van der Waals surface area contributed by atoms with Crippen LogP contribution < -0.4 is 15.7 Å². The zero-order chi connectivity index (χ0) is 21.8. The zero-order valence-electron chi connectivity index (χ0n) is 17.8. The molecule has 7 heteroatoms. The van der Waals surface area contributed by atoms with E-state index >= 15 is 0 Å². The average molecular weight is 422 g/mol. The van der Waals surface area contributed by atoms with Gasteiger partial charge in [-0.3, -0.25) is 9.69 Å². The maximum absolute atomic E-state index is 12.3. The first-order valence-corrected chi connectivity index (χ1v) is 10.4. The number of hydrogen-bond donors (Lipinski definition) is 1. The Morgan fingerprint density at radius 1 is 1.10 bits per heavy atom. The number of hydrogen-bond acceptors (Lipinski definition) is 6. The predicted molar refractivity (Wildman–Crippen MR) is 119 cm³/mol. The number of carbonyl (C=O) groups is 1. The summed E-state index contributed by atoms with van der Waals surface area (Å²) in [6.45, 7) is 7.83. The minimum atomic E-state index is -0.403. The highest BCUT2D eigenvalue weighted by atomic mass is 16.5. The lowest BCUT2D eigenvalue weighted by Gasteiger charge is -2.26. The molecule has 0 unspecified atom stereocenters. The number of fused-ring (bicyclic) bond motifs is 1. The van der Waals surface area contributed by atoms with E-state index in [-0.39, 0.29) is 12.5 Å². The molecule has 1 fully saturated rings. The number of nitrogens with one attached hydrogen (secondary N) is 1.